The van der Waals surface area contributed by atoms with Crippen molar-refractivity contribution < 1.29 is 12.8 Å². The van der Waals surface area contributed by atoms with E-state index in [1.807, 2.05) is 0 Å². The number of aryl methyl sites for hydroxylation is 1. The van der Waals surface area contributed by atoms with Gasteiger partial charge in [0.15, 0.2) is 0 Å². The lowest BCUT2D eigenvalue weighted by atomic mass is 10.4. The molecule has 0 aliphatic carbocycles. The standard InChI is InChI=1S/C10H15N5O3S/c1-7-9(4-8(5-11)18-7)19(16,17)14-3-2-10-12-6-13-15-10/h4,6,14H,2-3,5,11H2,1H3,(H,12,13,15). The van der Waals surface area contributed by atoms with Crippen molar-refractivity contribution in [2.75, 3.05) is 6.54 Å². The third-order valence-corrected chi connectivity index (χ3v) is 4.10. The first-order valence-electron chi connectivity index (χ1n) is 5.66. The highest BCUT2D eigenvalue weighted by atomic mass is 32.2. The summed E-state index contributed by atoms with van der Waals surface area (Å²) in [5, 5.41) is 6.34. The molecule has 0 radical (unpaired) electrons. The second-order valence-corrected chi connectivity index (χ2v) is 5.65. The van der Waals surface area contributed by atoms with Gasteiger partial charge in [-0.05, 0) is 6.92 Å². The lowest BCUT2D eigenvalue weighted by molar-refractivity contribution is 0.478. The molecular weight excluding hydrogens is 270 g/mol. The molecule has 2 aromatic heterocycles. The second-order valence-electron chi connectivity index (χ2n) is 3.92. The molecule has 0 aliphatic rings. The van der Waals surface area contributed by atoms with Crippen LogP contribution in [0.4, 0.5) is 0 Å². The van der Waals surface area contributed by atoms with Crippen molar-refractivity contribution in [1.29, 1.82) is 0 Å². The van der Waals surface area contributed by atoms with Gasteiger partial charge in [-0.3, -0.25) is 5.10 Å². The lowest BCUT2D eigenvalue weighted by Crippen LogP contribution is -2.26. The monoisotopic (exact) mass is 285 g/mol. The number of hydrogen-bond donors (Lipinski definition) is 3. The lowest BCUT2D eigenvalue weighted by Gasteiger charge is -2.03. The normalized spacial score (nSPS) is 11.9. The molecule has 2 rings (SSSR count). The van der Waals surface area contributed by atoms with Crippen LogP contribution in [0.15, 0.2) is 21.7 Å². The molecule has 0 amide bonds. The van der Waals surface area contributed by atoms with E-state index in [1.165, 1.54) is 12.4 Å². The van der Waals surface area contributed by atoms with Gasteiger partial charge in [0.1, 0.15) is 28.6 Å². The number of aromatic nitrogens is 3. The topological polar surface area (TPSA) is 127 Å². The summed E-state index contributed by atoms with van der Waals surface area (Å²) >= 11 is 0. The van der Waals surface area contributed by atoms with Crippen LogP contribution in [-0.2, 0) is 23.0 Å². The maximum Gasteiger partial charge on any atom is 0.244 e. The Morgan fingerprint density at radius 1 is 1.53 bits per heavy atom. The zero-order chi connectivity index (χ0) is 13.9. The minimum absolute atomic E-state index is 0.116. The highest BCUT2D eigenvalue weighted by Gasteiger charge is 2.20. The molecule has 9 heteroatoms. The maximum absolute atomic E-state index is 12.1. The molecule has 104 valence electrons. The number of nitrogens with zero attached hydrogens (tertiary/aromatic N) is 2. The highest BCUT2D eigenvalue weighted by Crippen LogP contribution is 2.19. The smallest absolute Gasteiger partial charge is 0.244 e. The number of sulfonamides is 1. The van der Waals surface area contributed by atoms with E-state index in [0.717, 1.165) is 0 Å². The molecule has 2 heterocycles. The molecule has 19 heavy (non-hydrogen) atoms. The molecule has 0 unspecified atom stereocenters. The number of hydrogen-bond acceptors (Lipinski definition) is 6. The van der Waals surface area contributed by atoms with Crippen LogP contribution in [-0.4, -0.2) is 30.1 Å². The number of furan rings is 1. The van der Waals surface area contributed by atoms with Gasteiger partial charge >= 0.3 is 0 Å². The molecule has 0 atom stereocenters. The van der Waals surface area contributed by atoms with Crippen LogP contribution in [0.2, 0.25) is 0 Å². The molecule has 2 aromatic rings. The first-order chi connectivity index (χ1) is 9.03. The van der Waals surface area contributed by atoms with E-state index < -0.39 is 10.0 Å². The highest BCUT2D eigenvalue weighted by molar-refractivity contribution is 7.89. The fraction of sp³-hybridized carbons (Fsp3) is 0.400. The first-order valence-corrected chi connectivity index (χ1v) is 7.14. The Bertz CT molecular complexity index is 632. The zero-order valence-corrected chi connectivity index (χ0v) is 11.2. The third-order valence-electron chi connectivity index (χ3n) is 2.53. The summed E-state index contributed by atoms with van der Waals surface area (Å²) in [6.07, 6.45) is 1.80. The van der Waals surface area contributed by atoms with Crippen molar-refractivity contribution >= 4 is 10.0 Å². The van der Waals surface area contributed by atoms with E-state index in [9.17, 15) is 8.42 Å². The number of rotatable bonds is 6. The van der Waals surface area contributed by atoms with Gasteiger partial charge in [-0.15, -0.1) is 0 Å². The molecule has 0 fully saturated rings. The summed E-state index contributed by atoms with van der Waals surface area (Å²) in [5.41, 5.74) is 5.41. The van der Waals surface area contributed by atoms with Gasteiger partial charge in [-0.2, -0.15) is 5.10 Å². The van der Waals surface area contributed by atoms with Gasteiger partial charge in [0.2, 0.25) is 10.0 Å². The van der Waals surface area contributed by atoms with Gasteiger partial charge in [0, 0.05) is 19.0 Å². The summed E-state index contributed by atoms with van der Waals surface area (Å²) in [7, 11) is -3.59. The quantitative estimate of drug-likeness (QED) is 0.668. The minimum Gasteiger partial charge on any atom is -0.464 e. The molecule has 0 saturated heterocycles. The third kappa shape index (κ3) is 3.19. The van der Waals surface area contributed by atoms with Gasteiger partial charge < -0.3 is 10.2 Å². The van der Waals surface area contributed by atoms with Crippen LogP contribution in [0.1, 0.15) is 17.3 Å². The van der Waals surface area contributed by atoms with Crippen LogP contribution in [0, 0.1) is 6.92 Å². The maximum atomic E-state index is 12.1. The molecule has 0 aromatic carbocycles. The van der Waals surface area contributed by atoms with Gasteiger partial charge in [-0.1, -0.05) is 0 Å². The Morgan fingerprint density at radius 3 is 2.89 bits per heavy atom. The molecule has 4 N–H and O–H groups in total. The van der Waals surface area contributed by atoms with Crippen LogP contribution in [0.25, 0.3) is 0 Å². The molecule has 0 bridgehead atoms. The van der Waals surface area contributed by atoms with Crippen LogP contribution in [0.3, 0.4) is 0 Å². The first kappa shape index (κ1) is 13.7. The van der Waals surface area contributed by atoms with E-state index in [4.69, 9.17) is 10.2 Å². The molecule has 0 aliphatic heterocycles. The Labute approximate surface area is 110 Å². The van der Waals surface area contributed by atoms with Crippen LogP contribution < -0.4 is 10.5 Å². The summed E-state index contributed by atoms with van der Waals surface area (Å²) < 4.78 is 31.8. The summed E-state index contributed by atoms with van der Waals surface area (Å²) in [6, 6.07) is 1.44. The summed E-state index contributed by atoms with van der Waals surface area (Å²) in [5.74, 6) is 1.38. The Kier molecular flexibility index (Phi) is 3.98. The molecular formula is C10H15N5O3S. The predicted octanol–water partition coefficient (Wildman–Crippen LogP) is -0.314. The summed E-state index contributed by atoms with van der Waals surface area (Å²) in [6.45, 7) is 1.97. The van der Waals surface area contributed by atoms with Crippen molar-refractivity contribution in [2.24, 2.45) is 5.73 Å². The molecule has 0 saturated carbocycles. The van der Waals surface area contributed by atoms with Crippen molar-refractivity contribution in [3.8, 4) is 0 Å². The van der Waals surface area contributed by atoms with Crippen LogP contribution >= 0.6 is 0 Å². The van der Waals surface area contributed by atoms with Gasteiger partial charge in [0.25, 0.3) is 0 Å². The van der Waals surface area contributed by atoms with Gasteiger partial charge in [0.05, 0.1) is 6.54 Å². The Balaban J connectivity index is 2.03. The largest absolute Gasteiger partial charge is 0.464 e. The second kappa shape index (κ2) is 5.51. The number of H-pyrrole nitrogens is 1. The molecule has 0 spiro atoms. The Hall–Kier alpha value is -1.71. The Morgan fingerprint density at radius 2 is 2.32 bits per heavy atom. The number of aromatic amines is 1. The van der Waals surface area contributed by atoms with Crippen molar-refractivity contribution in [1.82, 2.24) is 19.9 Å². The average molecular weight is 285 g/mol. The zero-order valence-electron chi connectivity index (χ0n) is 10.4. The van der Waals surface area contributed by atoms with E-state index >= 15 is 0 Å². The fourth-order valence-electron chi connectivity index (χ4n) is 1.62. The van der Waals surface area contributed by atoms with Crippen LogP contribution in [0.5, 0.6) is 0 Å². The average Bonchev–Trinajstić information content (AvgIpc) is 2.98. The fourth-order valence-corrected chi connectivity index (χ4v) is 2.86. The van der Waals surface area contributed by atoms with E-state index in [-0.39, 0.29) is 18.0 Å². The summed E-state index contributed by atoms with van der Waals surface area (Å²) in [4.78, 5) is 4.02. The SMILES string of the molecule is Cc1oc(CN)cc1S(=O)(=O)NCCc1ncn[nH]1. The van der Waals surface area contributed by atoms with E-state index in [2.05, 4.69) is 19.9 Å². The minimum atomic E-state index is -3.59. The number of nitrogens with one attached hydrogen (secondary N) is 2. The van der Waals surface area contributed by atoms with Gasteiger partial charge in [-0.25, -0.2) is 18.1 Å². The van der Waals surface area contributed by atoms with Crippen molar-refractivity contribution in [2.45, 2.75) is 24.8 Å². The van der Waals surface area contributed by atoms with E-state index in [0.29, 0.717) is 23.8 Å². The van der Waals surface area contributed by atoms with E-state index in [1.54, 1.807) is 6.92 Å². The number of nitrogens with two attached hydrogens (primary N) is 1. The van der Waals surface area contributed by atoms with Crippen molar-refractivity contribution in [3.63, 3.8) is 0 Å². The predicted molar refractivity (Wildman–Crippen MR) is 66.6 cm³/mol. The van der Waals surface area contributed by atoms with Crippen molar-refractivity contribution in [3.05, 3.63) is 29.7 Å². The molecule has 8 nitrogen and oxygen atoms in total.